The maximum absolute atomic E-state index is 13.4. The molecule has 2 saturated heterocycles. The zero-order chi connectivity index (χ0) is 57.3. The maximum Gasteiger partial charge on any atom is 0.415 e. The molecule has 4 aliphatic heterocycles. The molecule has 4 aromatic rings. The number of aldehydes is 1. The van der Waals surface area contributed by atoms with Crippen LogP contribution in [0.3, 0.4) is 0 Å². The van der Waals surface area contributed by atoms with Gasteiger partial charge in [0.2, 0.25) is 24.2 Å². The van der Waals surface area contributed by atoms with Gasteiger partial charge in [0.15, 0.2) is 0 Å². The van der Waals surface area contributed by atoms with Crippen LogP contribution in [0.1, 0.15) is 93.5 Å². The lowest BCUT2D eigenvalue weighted by Gasteiger charge is -2.49. The van der Waals surface area contributed by atoms with Crippen molar-refractivity contribution in [2.45, 2.75) is 105 Å². The van der Waals surface area contributed by atoms with E-state index in [4.69, 9.17) is 19.4 Å². The fourth-order valence-corrected chi connectivity index (χ4v) is 11.0. The van der Waals surface area contributed by atoms with Crippen LogP contribution in [0.4, 0.5) is 33.5 Å². The Morgan fingerprint density at radius 3 is 2.33 bits per heavy atom. The number of imide groups is 1. The normalized spacial score (nSPS) is 16.7. The number of rotatable bonds is 19. The van der Waals surface area contributed by atoms with E-state index in [0.29, 0.717) is 67.7 Å². The van der Waals surface area contributed by atoms with Crippen LogP contribution in [-0.2, 0) is 48.0 Å². The second-order valence-electron chi connectivity index (χ2n) is 21.6. The molecule has 3 N–H and O–H groups in total. The summed E-state index contributed by atoms with van der Waals surface area (Å²) in [5.74, 6) is -0.0142. The number of piperazine rings is 1. The summed E-state index contributed by atoms with van der Waals surface area (Å²) >= 11 is 0. The fourth-order valence-electron chi connectivity index (χ4n) is 10.6. The van der Waals surface area contributed by atoms with Crippen molar-refractivity contribution in [2.24, 2.45) is 0 Å². The Morgan fingerprint density at radius 1 is 0.938 bits per heavy atom. The van der Waals surface area contributed by atoms with E-state index in [1.54, 1.807) is 11.0 Å². The Labute approximate surface area is 472 Å². The number of ether oxygens (including phenoxy) is 2. The summed E-state index contributed by atoms with van der Waals surface area (Å²) in [6, 6.07) is 18.7. The Kier molecular flexibility index (Phi) is 19.1. The summed E-state index contributed by atoms with van der Waals surface area (Å²) in [6.45, 7) is 20.8. The molecular formula is C60H76N11O8P. The molecule has 4 aliphatic rings. The smallest absolute Gasteiger partial charge is 0.415 e. The number of nitrogens with one attached hydrogen (secondary N) is 3. The van der Waals surface area contributed by atoms with Gasteiger partial charge in [-0.1, -0.05) is 25.1 Å². The third kappa shape index (κ3) is 14.0. The molecule has 5 heterocycles. The van der Waals surface area contributed by atoms with Crippen LogP contribution < -0.4 is 31.1 Å². The number of nitrogens with zero attached hydrogens (tertiary/aromatic N) is 8. The van der Waals surface area contributed by atoms with Crippen molar-refractivity contribution in [3.05, 3.63) is 130 Å². The number of likely N-dealkylation sites (N-methyl/N-ethyl adjacent to an activating group) is 1. The average molecular weight is 1110 g/mol. The first-order valence-electron chi connectivity index (χ1n) is 27.5. The minimum absolute atomic E-state index is 0.0420. The molecule has 3 aromatic carbocycles. The minimum Gasteiger partial charge on any atom is -0.494 e. The molecule has 80 heavy (non-hydrogen) atoms. The van der Waals surface area contributed by atoms with Gasteiger partial charge in [-0.15, -0.1) is 9.24 Å². The zero-order valence-electron chi connectivity index (χ0n) is 47.3. The summed E-state index contributed by atoms with van der Waals surface area (Å²) in [7, 11) is 4.20. The third-order valence-corrected chi connectivity index (χ3v) is 15.4. The van der Waals surface area contributed by atoms with E-state index >= 15 is 0 Å². The Hall–Kier alpha value is -7.63. The third-order valence-electron chi connectivity index (χ3n) is 14.9. The quantitative estimate of drug-likeness (QED) is 0.0491. The molecule has 424 valence electrons. The van der Waals surface area contributed by atoms with Gasteiger partial charge in [0.25, 0.3) is 5.91 Å². The van der Waals surface area contributed by atoms with Gasteiger partial charge in [-0.2, -0.15) is 0 Å². The van der Waals surface area contributed by atoms with Crippen molar-refractivity contribution >= 4 is 79.8 Å². The zero-order valence-corrected chi connectivity index (χ0v) is 48.5. The lowest BCUT2D eigenvalue weighted by atomic mass is 10.0. The highest BCUT2D eigenvalue weighted by Crippen LogP contribution is 2.33. The fraction of sp³-hybridized carbons (Fsp3) is 0.433. The van der Waals surface area contributed by atoms with Gasteiger partial charge in [-0.05, 0) is 131 Å². The number of hydrogen-bond acceptors (Lipinski definition) is 15. The molecule has 0 bridgehead atoms. The van der Waals surface area contributed by atoms with E-state index in [2.05, 4.69) is 76.0 Å². The number of hydrogen-bond donors (Lipinski definition) is 3. The van der Waals surface area contributed by atoms with Crippen LogP contribution in [0, 0.1) is 6.92 Å². The number of anilines is 5. The number of fused-ring (bicyclic) bond motifs is 1. The molecular weight excluding hydrogens is 1030 g/mol. The van der Waals surface area contributed by atoms with E-state index in [1.165, 1.54) is 7.05 Å². The molecule has 2 fully saturated rings. The summed E-state index contributed by atoms with van der Waals surface area (Å²) in [6.07, 6.45) is 8.63. The Bertz CT molecular complexity index is 3050. The van der Waals surface area contributed by atoms with Crippen molar-refractivity contribution < 1.29 is 38.2 Å². The van der Waals surface area contributed by atoms with E-state index < -0.39 is 29.6 Å². The Balaban J connectivity index is 0.794. The first-order valence-corrected chi connectivity index (χ1v) is 28.1. The number of carbonyl (C=O) groups excluding carboxylic acids is 6. The van der Waals surface area contributed by atoms with Gasteiger partial charge in [-0.25, -0.2) is 14.8 Å². The SMILES string of the molecule is CC/C=C/C(=C(/C)C1=C(C)OCCN1C(=O)OC(C)(C)C)N1CCc2nc(Nc3ccc(CC(=O)Nc4ccc(N5CCN(C6CN(c7ccc(C(=O)N(C=O)C(CCC=O)C(=O)NC)c(C)c7)C6)CC5)cc4P)cc3)ncc2C1. The maximum atomic E-state index is 13.4. The van der Waals surface area contributed by atoms with E-state index in [0.717, 1.165) is 119 Å². The minimum atomic E-state index is -1.08. The highest BCUT2D eigenvalue weighted by molar-refractivity contribution is 7.28. The summed E-state index contributed by atoms with van der Waals surface area (Å²) in [5, 5.41) is 9.83. The Morgan fingerprint density at radius 2 is 1.66 bits per heavy atom. The molecule has 8 rings (SSSR count). The molecule has 19 nitrogen and oxygen atoms in total. The van der Waals surface area contributed by atoms with Crippen molar-refractivity contribution in [2.75, 3.05) is 86.4 Å². The average Bonchev–Trinajstić information content (AvgIpc) is 3.46. The molecule has 1 aromatic heterocycles. The monoisotopic (exact) mass is 1110 g/mol. The van der Waals surface area contributed by atoms with Gasteiger partial charge in [-0.3, -0.25) is 33.9 Å². The predicted molar refractivity (Wildman–Crippen MR) is 314 cm³/mol. The van der Waals surface area contributed by atoms with E-state index in [-0.39, 0.29) is 25.2 Å². The number of aromatic nitrogens is 2. The number of allylic oxidation sites excluding steroid dienone is 4. The van der Waals surface area contributed by atoms with Gasteiger partial charge < -0.3 is 44.9 Å². The molecule has 0 radical (unpaired) electrons. The first-order chi connectivity index (χ1) is 38.4. The molecule has 2 atom stereocenters. The van der Waals surface area contributed by atoms with Crippen LogP contribution in [0.5, 0.6) is 0 Å². The number of aryl methyl sites for hydroxylation is 1. The summed E-state index contributed by atoms with van der Waals surface area (Å²) in [4.78, 5) is 97.4. The molecule has 0 aliphatic carbocycles. The highest BCUT2D eigenvalue weighted by Gasteiger charge is 2.36. The lowest BCUT2D eigenvalue weighted by Crippen LogP contribution is -2.63. The second-order valence-corrected chi connectivity index (χ2v) is 22.3. The van der Waals surface area contributed by atoms with E-state index in [1.807, 2.05) is 90.2 Å². The molecule has 20 heteroatoms. The van der Waals surface area contributed by atoms with Crippen LogP contribution >= 0.6 is 9.24 Å². The van der Waals surface area contributed by atoms with Gasteiger partial charge in [0.05, 0.1) is 24.4 Å². The second kappa shape index (κ2) is 26.1. The predicted octanol–water partition coefficient (Wildman–Crippen LogP) is 7.01. The van der Waals surface area contributed by atoms with Crippen molar-refractivity contribution in [3.63, 3.8) is 0 Å². The highest BCUT2D eigenvalue weighted by atomic mass is 31.0. The van der Waals surface area contributed by atoms with Crippen LogP contribution in [0.2, 0.25) is 0 Å². The summed E-state index contributed by atoms with van der Waals surface area (Å²) in [5.41, 5.74) is 9.57. The van der Waals surface area contributed by atoms with Crippen molar-refractivity contribution in [3.8, 4) is 0 Å². The van der Waals surface area contributed by atoms with Crippen LogP contribution in [0.15, 0.2) is 102 Å². The first kappa shape index (κ1) is 58.5. The standard InChI is InChI=1S/C60H76N11O8P/c1-9-10-12-51(40(3)55-41(4)78-30-28-70(55)59(77)79-60(5,6)7)68-23-22-49-43(35-68)34-62-58(65-49)63-44-16-14-42(15-17-44)32-54(74)64-50-21-19-46(33-53(50)80)66-24-26-67(27-25-66)47-36-69(37-47)45-18-20-48(39(2)31-45)57(76)71(38-73)52(13-11-29-72)56(75)61-8/h10,12,14-21,29,31,33-34,38,47,52H,9,11,13,22-28,30,32,35-37,80H2,1-8H3,(H,61,75)(H,64,74)(H,62,63,65)/b12-10+,51-40+. The molecule has 0 spiro atoms. The lowest BCUT2D eigenvalue weighted by molar-refractivity contribution is -0.131. The van der Waals surface area contributed by atoms with Crippen molar-refractivity contribution in [1.29, 1.82) is 0 Å². The molecule has 0 saturated carbocycles. The number of carbonyl (C=O) groups is 6. The number of benzene rings is 3. The molecule has 2 unspecified atom stereocenters. The topological polar surface area (TPSA) is 202 Å². The van der Waals surface area contributed by atoms with Crippen LogP contribution in [0.25, 0.3) is 0 Å². The molecule has 5 amide bonds. The van der Waals surface area contributed by atoms with Crippen LogP contribution in [-0.4, -0.2) is 150 Å². The summed E-state index contributed by atoms with van der Waals surface area (Å²) < 4.78 is 11.8. The number of amides is 5. The largest absolute Gasteiger partial charge is 0.494 e. The van der Waals surface area contributed by atoms with Gasteiger partial charge in [0, 0.05) is 124 Å². The van der Waals surface area contributed by atoms with E-state index in [9.17, 15) is 28.8 Å². The van der Waals surface area contributed by atoms with Crippen molar-refractivity contribution in [1.82, 2.24) is 34.9 Å². The van der Waals surface area contributed by atoms with Gasteiger partial charge >= 0.3 is 6.09 Å². The van der Waals surface area contributed by atoms with Gasteiger partial charge in [0.1, 0.15) is 30.3 Å².